The Morgan fingerprint density at radius 3 is 2.19 bits per heavy atom. The maximum atomic E-state index is 5.39. The molecule has 1 fully saturated rings. The van der Waals surface area contributed by atoms with Crippen LogP contribution in [0.5, 0.6) is 0 Å². The summed E-state index contributed by atoms with van der Waals surface area (Å²) in [5.74, 6) is 0. The van der Waals surface area contributed by atoms with Gasteiger partial charge in [-0.2, -0.15) is 0 Å². The summed E-state index contributed by atoms with van der Waals surface area (Å²) in [4.78, 5) is 2.28. The summed E-state index contributed by atoms with van der Waals surface area (Å²) in [5, 5.41) is 3.69. The number of ether oxygens (including phenoxy) is 1. The monoisotopic (exact) mass is 228 g/mol. The standard InChI is InChI=1S/C13H28N2O/c1-13(2,15(3)4)10-14-11-6-8-12(16-5)9-7-11/h11-12,14H,6-10H2,1-5H3. The molecule has 3 nitrogen and oxygen atoms in total. The van der Waals surface area contributed by atoms with Crippen molar-refractivity contribution in [1.82, 2.24) is 10.2 Å². The molecule has 1 aliphatic carbocycles. The lowest BCUT2D eigenvalue weighted by Gasteiger charge is -2.36. The third-order valence-electron chi connectivity index (χ3n) is 4.04. The molecule has 0 amide bonds. The average molecular weight is 228 g/mol. The third-order valence-corrected chi connectivity index (χ3v) is 4.04. The van der Waals surface area contributed by atoms with E-state index in [4.69, 9.17) is 4.74 Å². The second-order valence-corrected chi connectivity index (χ2v) is 5.80. The van der Waals surface area contributed by atoms with Gasteiger partial charge in [0, 0.05) is 25.2 Å². The van der Waals surface area contributed by atoms with Crippen molar-refractivity contribution in [2.45, 2.75) is 57.2 Å². The number of hydrogen-bond acceptors (Lipinski definition) is 3. The smallest absolute Gasteiger partial charge is 0.0572 e. The summed E-state index contributed by atoms with van der Waals surface area (Å²) in [5.41, 5.74) is 0.234. The highest BCUT2D eigenvalue weighted by molar-refractivity contribution is 4.84. The molecule has 1 N–H and O–H groups in total. The molecule has 0 atom stereocenters. The van der Waals surface area contributed by atoms with Crippen molar-refractivity contribution < 1.29 is 4.74 Å². The van der Waals surface area contributed by atoms with E-state index in [0.29, 0.717) is 12.1 Å². The van der Waals surface area contributed by atoms with E-state index in [0.717, 1.165) is 6.54 Å². The Bertz CT molecular complexity index is 196. The minimum atomic E-state index is 0.234. The molecule has 16 heavy (non-hydrogen) atoms. The minimum absolute atomic E-state index is 0.234. The Morgan fingerprint density at radius 1 is 1.19 bits per heavy atom. The van der Waals surface area contributed by atoms with E-state index in [1.807, 2.05) is 7.11 Å². The van der Waals surface area contributed by atoms with Crippen molar-refractivity contribution in [3.05, 3.63) is 0 Å². The van der Waals surface area contributed by atoms with Gasteiger partial charge in [0.15, 0.2) is 0 Å². The summed E-state index contributed by atoms with van der Waals surface area (Å²) in [6, 6.07) is 0.686. The number of hydrogen-bond donors (Lipinski definition) is 1. The van der Waals surface area contributed by atoms with Gasteiger partial charge in [-0.05, 0) is 53.6 Å². The summed E-state index contributed by atoms with van der Waals surface area (Å²) in [6.07, 6.45) is 5.41. The van der Waals surface area contributed by atoms with Crippen LogP contribution in [0, 0.1) is 0 Å². The quantitative estimate of drug-likeness (QED) is 0.777. The molecule has 0 aromatic carbocycles. The van der Waals surface area contributed by atoms with Crippen molar-refractivity contribution >= 4 is 0 Å². The van der Waals surface area contributed by atoms with Gasteiger partial charge in [0.05, 0.1) is 6.10 Å². The van der Waals surface area contributed by atoms with Gasteiger partial charge in [0.25, 0.3) is 0 Å². The lowest BCUT2D eigenvalue weighted by molar-refractivity contribution is 0.0604. The van der Waals surface area contributed by atoms with E-state index in [-0.39, 0.29) is 5.54 Å². The number of methoxy groups -OCH3 is 1. The zero-order chi connectivity index (χ0) is 12.2. The van der Waals surface area contributed by atoms with Crippen molar-refractivity contribution in [3.63, 3.8) is 0 Å². The zero-order valence-electron chi connectivity index (χ0n) is 11.5. The van der Waals surface area contributed by atoms with E-state index < -0.39 is 0 Å². The van der Waals surface area contributed by atoms with Crippen LogP contribution in [0.4, 0.5) is 0 Å². The highest BCUT2D eigenvalue weighted by atomic mass is 16.5. The van der Waals surface area contributed by atoms with Crippen LogP contribution in [0.1, 0.15) is 39.5 Å². The van der Waals surface area contributed by atoms with Crippen LogP contribution in [-0.2, 0) is 4.74 Å². The highest BCUT2D eigenvalue weighted by Crippen LogP contribution is 2.21. The van der Waals surface area contributed by atoms with Crippen LogP contribution in [0.2, 0.25) is 0 Å². The van der Waals surface area contributed by atoms with Crippen molar-refractivity contribution in [1.29, 1.82) is 0 Å². The summed E-state index contributed by atoms with van der Waals surface area (Å²) >= 11 is 0. The predicted octanol–water partition coefficient (Wildman–Crippen LogP) is 1.87. The molecule has 1 saturated carbocycles. The van der Waals surface area contributed by atoms with Gasteiger partial charge >= 0.3 is 0 Å². The van der Waals surface area contributed by atoms with Crippen LogP contribution in [-0.4, -0.2) is 50.3 Å². The third kappa shape index (κ3) is 4.04. The molecule has 3 heteroatoms. The maximum Gasteiger partial charge on any atom is 0.0572 e. The second kappa shape index (κ2) is 5.99. The van der Waals surface area contributed by atoms with E-state index in [1.165, 1.54) is 25.7 Å². The van der Waals surface area contributed by atoms with Crippen LogP contribution in [0.3, 0.4) is 0 Å². The topological polar surface area (TPSA) is 24.5 Å². The Balaban J connectivity index is 2.24. The fraction of sp³-hybridized carbons (Fsp3) is 1.00. The van der Waals surface area contributed by atoms with E-state index >= 15 is 0 Å². The number of rotatable bonds is 5. The summed E-state index contributed by atoms with van der Waals surface area (Å²) < 4.78 is 5.39. The first-order valence-corrected chi connectivity index (χ1v) is 6.39. The molecule has 0 spiro atoms. The van der Waals surface area contributed by atoms with Gasteiger partial charge in [0.1, 0.15) is 0 Å². The van der Waals surface area contributed by atoms with Crippen LogP contribution in [0.15, 0.2) is 0 Å². The maximum absolute atomic E-state index is 5.39. The summed E-state index contributed by atoms with van der Waals surface area (Å²) in [7, 11) is 6.11. The van der Waals surface area contributed by atoms with Gasteiger partial charge in [-0.25, -0.2) is 0 Å². The summed E-state index contributed by atoms with van der Waals surface area (Å²) in [6.45, 7) is 5.61. The van der Waals surface area contributed by atoms with Crippen molar-refractivity contribution in [2.24, 2.45) is 0 Å². The normalized spacial score (nSPS) is 27.4. The predicted molar refractivity (Wildman–Crippen MR) is 68.8 cm³/mol. The molecule has 0 aliphatic heterocycles. The molecule has 0 radical (unpaired) electrons. The van der Waals surface area contributed by atoms with Gasteiger partial charge in [0.2, 0.25) is 0 Å². The van der Waals surface area contributed by atoms with Gasteiger partial charge < -0.3 is 15.0 Å². The molecule has 1 aliphatic rings. The molecular formula is C13H28N2O. The lowest BCUT2D eigenvalue weighted by Crippen LogP contribution is -2.50. The minimum Gasteiger partial charge on any atom is -0.381 e. The molecule has 96 valence electrons. The first-order valence-electron chi connectivity index (χ1n) is 6.39. The fourth-order valence-corrected chi connectivity index (χ4v) is 2.05. The van der Waals surface area contributed by atoms with Crippen molar-refractivity contribution in [3.8, 4) is 0 Å². The van der Waals surface area contributed by atoms with Gasteiger partial charge in [-0.1, -0.05) is 0 Å². The molecule has 0 aromatic heterocycles. The van der Waals surface area contributed by atoms with Gasteiger partial charge in [-0.15, -0.1) is 0 Å². The van der Waals surface area contributed by atoms with Crippen molar-refractivity contribution in [2.75, 3.05) is 27.7 Å². The molecule has 0 bridgehead atoms. The zero-order valence-corrected chi connectivity index (χ0v) is 11.5. The number of nitrogens with one attached hydrogen (secondary N) is 1. The van der Waals surface area contributed by atoms with E-state index in [1.54, 1.807) is 0 Å². The number of nitrogens with zero attached hydrogens (tertiary/aromatic N) is 1. The Hall–Kier alpha value is -0.120. The molecule has 0 saturated heterocycles. The van der Waals surface area contributed by atoms with Crippen LogP contribution < -0.4 is 5.32 Å². The SMILES string of the molecule is COC1CCC(NCC(C)(C)N(C)C)CC1. The molecule has 1 rings (SSSR count). The van der Waals surface area contributed by atoms with E-state index in [9.17, 15) is 0 Å². The second-order valence-electron chi connectivity index (χ2n) is 5.80. The average Bonchev–Trinajstić information content (AvgIpc) is 2.27. The highest BCUT2D eigenvalue weighted by Gasteiger charge is 2.24. The van der Waals surface area contributed by atoms with Crippen LogP contribution in [0.25, 0.3) is 0 Å². The lowest BCUT2D eigenvalue weighted by atomic mass is 9.92. The molecule has 0 unspecified atom stereocenters. The Labute approximate surface area is 101 Å². The van der Waals surface area contributed by atoms with Gasteiger partial charge in [-0.3, -0.25) is 0 Å². The fourth-order valence-electron chi connectivity index (χ4n) is 2.05. The first-order chi connectivity index (χ1) is 7.45. The Morgan fingerprint density at radius 2 is 1.75 bits per heavy atom. The Kier molecular flexibility index (Phi) is 5.22. The van der Waals surface area contributed by atoms with E-state index in [2.05, 4.69) is 38.2 Å². The largest absolute Gasteiger partial charge is 0.381 e. The first kappa shape index (κ1) is 13.9. The molecule has 0 heterocycles. The molecule has 0 aromatic rings. The number of likely N-dealkylation sites (N-methyl/N-ethyl adjacent to an activating group) is 1. The van der Waals surface area contributed by atoms with Crippen LogP contribution >= 0.6 is 0 Å². The molecular weight excluding hydrogens is 200 g/mol.